The molecule has 0 heterocycles. The van der Waals surface area contributed by atoms with Crippen LogP contribution in [0, 0.1) is 6.92 Å². The predicted molar refractivity (Wildman–Crippen MR) is 96.6 cm³/mol. The Morgan fingerprint density at radius 3 is 2.28 bits per heavy atom. The van der Waals surface area contributed by atoms with Crippen molar-refractivity contribution in [3.8, 4) is 5.75 Å². The highest BCUT2D eigenvalue weighted by Crippen LogP contribution is 2.31. The monoisotopic (exact) mass is 430 g/mol. The summed E-state index contributed by atoms with van der Waals surface area (Å²) < 4.78 is 69.1. The molecule has 0 aliphatic heterocycles. The molecule has 2 rings (SSSR count). The smallest absolute Gasteiger partial charge is 0.416 e. The molecule has 1 atom stereocenters. The summed E-state index contributed by atoms with van der Waals surface area (Å²) in [4.78, 5) is 23.6. The number of urea groups is 1. The van der Waals surface area contributed by atoms with Gasteiger partial charge in [0, 0.05) is 0 Å². The van der Waals surface area contributed by atoms with Gasteiger partial charge in [0.15, 0.2) is 6.10 Å². The quantitative estimate of drug-likeness (QED) is 0.760. The van der Waals surface area contributed by atoms with Crippen molar-refractivity contribution in [2.75, 3.05) is 0 Å². The largest absolute Gasteiger partial charge is 0.481 e. The highest BCUT2D eigenvalue weighted by atomic mass is 32.2. The summed E-state index contributed by atoms with van der Waals surface area (Å²) in [6.07, 6.45) is -5.96. The minimum absolute atomic E-state index is 0.182. The summed E-state index contributed by atoms with van der Waals surface area (Å²) >= 11 is 0. The van der Waals surface area contributed by atoms with Crippen LogP contribution in [0.5, 0.6) is 5.75 Å². The molecule has 0 bridgehead atoms. The predicted octanol–water partition coefficient (Wildman–Crippen LogP) is 3.00. The third kappa shape index (κ3) is 6.21. The van der Waals surface area contributed by atoms with Crippen LogP contribution in [-0.4, -0.2) is 26.5 Å². The minimum Gasteiger partial charge on any atom is -0.481 e. The van der Waals surface area contributed by atoms with Crippen LogP contribution in [0.1, 0.15) is 18.1 Å². The number of hydrogen-bond acceptors (Lipinski definition) is 5. The summed E-state index contributed by atoms with van der Waals surface area (Å²) in [5.74, 6) is -1.28. The van der Waals surface area contributed by atoms with E-state index in [1.165, 1.54) is 37.3 Å². The molecule has 0 aliphatic rings. The normalized spacial score (nSPS) is 12.7. The van der Waals surface area contributed by atoms with Gasteiger partial charge in [-0.15, -0.1) is 0 Å². The zero-order valence-electron chi connectivity index (χ0n) is 15.3. The molecule has 11 heteroatoms. The fourth-order valence-corrected chi connectivity index (χ4v) is 3.05. The number of rotatable bonds is 5. The van der Waals surface area contributed by atoms with Crippen LogP contribution in [0.15, 0.2) is 53.4 Å². The number of aryl methyl sites for hydroxylation is 1. The van der Waals surface area contributed by atoms with E-state index in [-0.39, 0.29) is 10.6 Å². The first-order valence-corrected chi connectivity index (χ1v) is 9.65. The van der Waals surface area contributed by atoms with E-state index in [9.17, 15) is 31.2 Å². The molecular weight excluding hydrogens is 413 g/mol. The number of carbonyl (C=O) groups excluding carboxylic acids is 2. The molecule has 0 spiro atoms. The van der Waals surface area contributed by atoms with Crippen LogP contribution in [0.4, 0.5) is 18.0 Å². The number of benzene rings is 2. The third-order valence-corrected chi connectivity index (χ3v) is 4.99. The maximum absolute atomic E-state index is 12.7. The third-order valence-electron chi connectivity index (χ3n) is 3.64. The van der Waals surface area contributed by atoms with E-state index in [0.29, 0.717) is 6.07 Å². The molecule has 0 radical (unpaired) electrons. The molecule has 0 saturated carbocycles. The molecular formula is C18H17F3N2O5S. The van der Waals surface area contributed by atoms with Gasteiger partial charge in [-0.05, 0) is 44.2 Å². The van der Waals surface area contributed by atoms with Gasteiger partial charge in [-0.2, -0.15) is 13.2 Å². The van der Waals surface area contributed by atoms with Crippen molar-refractivity contribution in [2.24, 2.45) is 0 Å². The molecule has 156 valence electrons. The number of amides is 3. The standard InChI is InChI=1S/C18H17F3N2O5S/c1-11-6-8-15(9-7-11)29(26,27)23-17(25)22-16(24)12(2)28-14-5-3-4-13(10-14)18(19,20)21/h3-10,12H,1-2H3,(H2,22,23,24,25). The van der Waals surface area contributed by atoms with Crippen molar-refractivity contribution in [2.45, 2.75) is 31.0 Å². The van der Waals surface area contributed by atoms with E-state index in [4.69, 9.17) is 4.74 Å². The molecule has 2 aromatic carbocycles. The van der Waals surface area contributed by atoms with E-state index >= 15 is 0 Å². The van der Waals surface area contributed by atoms with Crippen LogP contribution < -0.4 is 14.8 Å². The lowest BCUT2D eigenvalue weighted by molar-refractivity contribution is -0.137. The Kier molecular flexibility index (Phi) is 6.52. The Labute approximate surface area is 164 Å². The topological polar surface area (TPSA) is 102 Å². The van der Waals surface area contributed by atoms with Crippen molar-refractivity contribution in [3.05, 3.63) is 59.7 Å². The molecule has 1 unspecified atom stereocenters. The number of carbonyl (C=O) groups is 2. The SMILES string of the molecule is Cc1ccc(S(=O)(=O)NC(=O)NC(=O)C(C)Oc2cccc(C(F)(F)F)c2)cc1. The summed E-state index contributed by atoms with van der Waals surface area (Å²) in [5.41, 5.74) is -0.159. The first-order chi connectivity index (χ1) is 13.4. The lowest BCUT2D eigenvalue weighted by Crippen LogP contribution is -2.46. The molecule has 7 nitrogen and oxygen atoms in total. The first-order valence-electron chi connectivity index (χ1n) is 8.17. The highest BCUT2D eigenvalue weighted by Gasteiger charge is 2.31. The Balaban J connectivity index is 1.98. The van der Waals surface area contributed by atoms with E-state index in [2.05, 4.69) is 0 Å². The van der Waals surface area contributed by atoms with Crippen LogP contribution >= 0.6 is 0 Å². The van der Waals surface area contributed by atoms with Crippen molar-refractivity contribution in [3.63, 3.8) is 0 Å². The number of hydrogen-bond donors (Lipinski definition) is 2. The molecule has 0 aromatic heterocycles. The molecule has 0 saturated heterocycles. The van der Waals surface area contributed by atoms with Gasteiger partial charge < -0.3 is 4.74 Å². The van der Waals surface area contributed by atoms with Crippen molar-refractivity contribution >= 4 is 22.0 Å². The van der Waals surface area contributed by atoms with E-state index < -0.39 is 39.8 Å². The fraction of sp³-hybridized carbons (Fsp3) is 0.222. The zero-order chi connectivity index (χ0) is 21.8. The van der Waals surface area contributed by atoms with Crippen molar-refractivity contribution in [1.29, 1.82) is 0 Å². The van der Waals surface area contributed by atoms with Gasteiger partial charge in [0.05, 0.1) is 10.5 Å². The van der Waals surface area contributed by atoms with Crippen LogP contribution in [0.3, 0.4) is 0 Å². The van der Waals surface area contributed by atoms with Crippen LogP contribution in [0.2, 0.25) is 0 Å². The lowest BCUT2D eigenvalue weighted by atomic mass is 10.2. The summed E-state index contributed by atoms with van der Waals surface area (Å²) in [7, 11) is -4.21. The Morgan fingerprint density at radius 2 is 1.69 bits per heavy atom. The van der Waals surface area contributed by atoms with Crippen LogP contribution in [-0.2, 0) is 21.0 Å². The molecule has 0 aliphatic carbocycles. The second-order valence-electron chi connectivity index (χ2n) is 6.02. The number of imide groups is 1. The number of nitrogens with one attached hydrogen (secondary N) is 2. The van der Waals surface area contributed by atoms with Gasteiger partial charge in [-0.3, -0.25) is 10.1 Å². The molecule has 2 N–H and O–H groups in total. The van der Waals surface area contributed by atoms with Gasteiger partial charge in [-0.25, -0.2) is 17.9 Å². The summed E-state index contributed by atoms with van der Waals surface area (Å²) in [6.45, 7) is 2.94. The van der Waals surface area contributed by atoms with Gasteiger partial charge in [0.25, 0.3) is 15.9 Å². The van der Waals surface area contributed by atoms with Gasteiger partial charge >= 0.3 is 12.2 Å². The molecule has 3 amide bonds. The van der Waals surface area contributed by atoms with Gasteiger partial charge in [-0.1, -0.05) is 23.8 Å². The maximum atomic E-state index is 12.7. The molecule has 0 fully saturated rings. The van der Waals surface area contributed by atoms with E-state index in [1.54, 1.807) is 17.0 Å². The van der Waals surface area contributed by atoms with Crippen molar-refractivity contribution in [1.82, 2.24) is 10.0 Å². The molecule has 29 heavy (non-hydrogen) atoms. The van der Waals surface area contributed by atoms with Crippen LogP contribution in [0.25, 0.3) is 0 Å². The van der Waals surface area contributed by atoms with Gasteiger partial charge in [0.1, 0.15) is 5.75 Å². The van der Waals surface area contributed by atoms with E-state index in [1.807, 2.05) is 0 Å². The Morgan fingerprint density at radius 1 is 1.07 bits per heavy atom. The zero-order valence-corrected chi connectivity index (χ0v) is 16.1. The number of ether oxygens (including phenoxy) is 1. The maximum Gasteiger partial charge on any atom is 0.416 e. The van der Waals surface area contributed by atoms with Gasteiger partial charge in [0.2, 0.25) is 0 Å². The van der Waals surface area contributed by atoms with Crippen molar-refractivity contribution < 1.29 is 35.9 Å². The lowest BCUT2D eigenvalue weighted by Gasteiger charge is -2.16. The minimum atomic E-state index is -4.59. The summed E-state index contributed by atoms with van der Waals surface area (Å²) in [6, 6.07) is 8.15. The summed E-state index contributed by atoms with van der Waals surface area (Å²) in [5, 5.41) is 1.77. The fourth-order valence-electron chi connectivity index (χ4n) is 2.14. The second kappa shape index (κ2) is 8.52. The molecule has 2 aromatic rings. The number of alkyl halides is 3. The Hall–Kier alpha value is -3.08. The van der Waals surface area contributed by atoms with E-state index in [0.717, 1.165) is 17.7 Å². The average Bonchev–Trinajstić information content (AvgIpc) is 2.61. The number of sulfonamides is 1. The second-order valence-corrected chi connectivity index (χ2v) is 7.70. The average molecular weight is 430 g/mol. The number of halogens is 3. The first kappa shape index (κ1) is 22.2. The highest BCUT2D eigenvalue weighted by molar-refractivity contribution is 7.90. The Bertz CT molecular complexity index is 1000.